The number of piperazine rings is 1. The Kier molecular flexibility index (Phi) is 4.45. The van der Waals surface area contributed by atoms with Crippen LogP contribution in [0.4, 0.5) is 10.5 Å². The second-order valence-corrected chi connectivity index (χ2v) is 5.56. The average Bonchev–Trinajstić information content (AvgIpc) is 2.98. The van der Waals surface area contributed by atoms with Gasteiger partial charge in [-0.2, -0.15) is 5.26 Å². The first-order chi connectivity index (χ1) is 10.8. The molecule has 2 aliphatic heterocycles. The Labute approximate surface area is 130 Å². The fraction of sp³-hybridized carbons (Fsp3) is 0.500. The minimum atomic E-state index is -0.193. The summed E-state index contributed by atoms with van der Waals surface area (Å²) in [5.74, 6) is 0. The van der Waals surface area contributed by atoms with Crippen molar-refractivity contribution < 1.29 is 9.53 Å². The third-order valence-corrected chi connectivity index (χ3v) is 4.27. The molecule has 0 N–H and O–H groups in total. The first kappa shape index (κ1) is 14.7. The van der Waals surface area contributed by atoms with E-state index in [2.05, 4.69) is 15.9 Å². The molecule has 2 aliphatic rings. The van der Waals surface area contributed by atoms with Crippen molar-refractivity contribution in [3.05, 3.63) is 29.8 Å². The molecule has 2 heterocycles. The van der Waals surface area contributed by atoms with E-state index in [0.717, 1.165) is 50.5 Å². The highest BCUT2D eigenvalue weighted by atomic mass is 16.6. The molecule has 116 valence electrons. The van der Waals surface area contributed by atoms with Crippen LogP contribution in [0.25, 0.3) is 0 Å². The molecule has 2 fully saturated rings. The quantitative estimate of drug-likeness (QED) is 0.834. The molecular weight excluding hydrogens is 280 g/mol. The van der Waals surface area contributed by atoms with E-state index in [1.807, 2.05) is 24.3 Å². The van der Waals surface area contributed by atoms with Crippen molar-refractivity contribution in [3.8, 4) is 6.07 Å². The van der Waals surface area contributed by atoms with Crippen LogP contribution in [0.3, 0.4) is 0 Å². The van der Waals surface area contributed by atoms with Gasteiger partial charge in [0.1, 0.15) is 12.7 Å². The molecule has 3 rings (SSSR count). The summed E-state index contributed by atoms with van der Waals surface area (Å²) in [4.78, 5) is 17.8. The van der Waals surface area contributed by atoms with E-state index in [-0.39, 0.29) is 6.09 Å². The van der Waals surface area contributed by atoms with Crippen LogP contribution in [0.2, 0.25) is 0 Å². The van der Waals surface area contributed by atoms with Crippen molar-refractivity contribution in [2.45, 2.75) is 0 Å². The van der Waals surface area contributed by atoms with Crippen molar-refractivity contribution in [1.82, 2.24) is 9.80 Å². The zero-order valence-electron chi connectivity index (χ0n) is 12.6. The molecule has 0 bridgehead atoms. The molecule has 0 atom stereocenters. The van der Waals surface area contributed by atoms with Gasteiger partial charge in [0.25, 0.3) is 0 Å². The number of rotatable bonds is 4. The van der Waals surface area contributed by atoms with E-state index < -0.39 is 0 Å². The third kappa shape index (κ3) is 3.15. The van der Waals surface area contributed by atoms with Crippen LogP contribution in [-0.2, 0) is 4.74 Å². The average molecular weight is 300 g/mol. The van der Waals surface area contributed by atoms with Crippen molar-refractivity contribution in [3.63, 3.8) is 0 Å². The number of benzene rings is 1. The molecule has 0 radical (unpaired) electrons. The lowest BCUT2D eigenvalue weighted by atomic mass is 10.1. The zero-order valence-corrected chi connectivity index (χ0v) is 12.6. The number of carbonyl (C=O) groups excluding carboxylic acids is 1. The largest absolute Gasteiger partial charge is 0.448 e. The number of anilines is 1. The fourth-order valence-corrected chi connectivity index (χ4v) is 2.95. The maximum absolute atomic E-state index is 11.4. The van der Waals surface area contributed by atoms with Gasteiger partial charge in [-0.1, -0.05) is 12.1 Å². The Morgan fingerprint density at radius 3 is 2.55 bits per heavy atom. The summed E-state index contributed by atoms with van der Waals surface area (Å²) in [6, 6.07) is 10.00. The van der Waals surface area contributed by atoms with Gasteiger partial charge in [0.2, 0.25) is 0 Å². The number of nitriles is 1. The molecule has 1 aromatic carbocycles. The molecule has 0 saturated carbocycles. The van der Waals surface area contributed by atoms with Crippen LogP contribution in [0.1, 0.15) is 5.56 Å². The van der Waals surface area contributed by atoms with Gasteiger partial charge >= 0.3 is 6.09 Å². The predicted molar refractivity (Wildman–Crippen MR) is 82.7 cm³/mol. The highest BCUT2D eigenvalue weighted by molar-refractivity contribution is 5.69. The molecule has 1 amide bonds. The van der Waals surface area contributed by atoms with Gasteiger partial charge in [0.15, 0.2) is 0 Å². The SMILES string of the molecule is N#Cc1ccccc1N1CCN(CCN2CCOC2=O)CC1. The first-order valence-electron chi connectivity index (χ1n) is 7.66. The van der Waals surface area contributed by atoms with Gasteiger partial charge in [-0.25, -0.2) is 4.79 Å². The number of hydrogen-bond donors (Lipinski definition) is 0. The van der Waals surface area contributed by atoms with Gasteiger partial charge in [0.05, 0.1) is 17.8 Å². The summed E-state index contributed by atoms with van der Waals surface area (Å²) in [5.41, 5.74) is 1.75. The Morgan fingerprint density at radius 2 is 1.86 bits per heavy atom. The van der Waals surface area contributed by atoms with Gasteiger partial charge < -0.3 is 14.5 Å². The molecule has 0 aromatic heterocycles. The molecular formula is C16H20N4O2. The smallest absolute Gasteiger partial charge is 0.409 e. The van der Waals surface area contributed by atoms with E-state index in [0.29, 0.717) is 13.2 Å². The predicted octanol–water partition coefficient (Wildman–Crippen LogP) is 1.13. The number of ether oxygens (including phenoxy) is 1. The number of para-hydroxylation sites is 1. The van der Waals surface area contributed by atoms with Crippen molar-refractivity contribution in [1.29, 1.82) is 5.26 Å². The second-order valence-electron chi connectivity index (χ2n) is 5.56. The topological polar surface area (TPSA) is 59.8 Å². The number of carbonyl (C=O) groups is 1. The Balaban J connectivity index is 1.50. The van der Waals surface area contributed by atoms with Crippen LogP contribution >= 0.6 is 0 Å². The molecule has 0 aliphatic carbocycles. The minimum Gasteiger partial charge on any atom is -0.448 e. The van der Waals surface area contributed by atoms with Crippen LogP contribution in [0.5, 0.6) is 0 Å². The lowest BCUT2D eigenvalue weighted by Gasteiger charge is -2.36. The number of amides is 1. The van der Waals surface area contributed by atoms with E-state index in [1.54, 1.807) is 4.90 Å². The number of nitrogens with zero attached hydrogens (tertiary/aromatic N) is 4. The van der Waals surface area contributed by atoms with Crippen molar-refractivity contribution in [2.75, 3.05) is 57.3 Å². The van der Waals surface area contributed by atoms with Crippen LogP contribution in [0, 0.1) is 11.3 Å². The summed E-state index contributed by atoms with van der Waals surface area (Å²) >= 11 is 0. The van der Waals surface area contributed by atoms with Gasteiger partial charge in [-0.15, -0.1) is 0 Å². The van der Waals surface area contributed by atoms with Crippen molar-refractivity contribution in [2.24, 2.45) is 0 Å². The highest BCUT2D eigenvalue weighted by Crippen LogP contribution is 2.21. The first-order valence-corrected chi connectivity index (χ1v) is 7.66. The molecule has 0 unspecified atom stereocenters. The van der Waals surface area contributed by atoms with Crippen LogP contribution in [-0.4, -0.2) is 68.3 Å². The molecule has 1 aromatic rings. The summed E-state index contributed by atoms with van der Waals surface area (Å²) in [7, 11) is 0. The summed E-state index contributed by atoms with van der Waals surface area (Å²) < 4.78 is 4.94. The molecule has 6 heteroatoms. The normalized spacial score (nSPS) is 19.1. The zero-order chi connectivity index (χ0) is 15.4. The molecule has 22 heavy (non-hydrogen) atoms. The lowest BCUT2D eigenvalue weighted by Crippen LogP contribution is -2.48. The van der Waals surface area contributed by atoms with E-state index in [4.69, 9.17) is 4.74 Å². The van der Waals surface area contributed by atoms with Crippen LogP contribution in [0.15, 0.2) is 24.3 Å². The lowest BCUT2D eigenvalue weighted by molar-refractivity contribution is 0.152. The maximum Gasteiger partial charge on any atom is 0.409 e. The molecule has 6 nitrogen and oxygen atoms in total. The maximum atomic E-state index is 11.4. The van der Waals surface area contributed by atoms with E-state index in [9.17, 15) is 10.1 Å². The van der Waals surface area contributed by atoms with Gasteiger partial charge in [0, 0.05) is 39.3 Å². The van der Waals surface area contributed by atoms with Crippen LogP contribution < -0.4 is 4.90 Å². The Morgan fingerprint density at radius 1 is 1.09 bits per heavy atom. The molecule has 2 saturated heterocycles. The molecule has 0 spiro atoms. The Hall–Kier alpha value is -2.26. The summed E-state index contributed by atoms with van der Waals surface area (Å²) in [6.07, 6.45) is -0.193. The second kappa shape index (κ2) is 6.67. The number of cyclic esters (lactones) is 1. The van der Waals surface area contributed by atoms with E-state index in [1.165, 1.54) is 0 Å². The minimum absolute atomic E-state index is 0.193. The number of hydrogen-bond acceptors (Lipinski definition) is 5. The van der Waals surface area contributed by atoms with Crippen molar-refractivity contribution >= 4 is 11.8 Å². The van der Waals surface area contributed by atoms with E-state index >= 15 is 0 Å². The van der Waals surface area contributed by atoms with Gasteiger partial charge in [-0.3, -0.25) is 4.90 Å². The Bertz CT molecular complexity index is 576. The third-order valence-electron chi connectivity index (χ3n) is 4.27. The monoisotopic (exact) mass is 300 g/mol. The van der Waals surface area contributed by atoms with Gasteiger partial charge in [-0.05, 0) is 12.1 Å². The summed E-state index contributed by atoms with van der Waals surface area (Å²) in [5, 5.41) is 9.20. The summed E-state index contributed by atoms with van der Waals surface area (Å²) in [6.45, 7) is 6.53. The standard InChI is InChI=1S/C16H20N4O2/c17-13-14-3-1-2-4-15(14)19-8-5-18(6-9-19)7-10-20-11-12-22-16(20)21/h1-4H,5-12H2. The highest BCUT2D eigenvalue weighted by Gasteiger charge is 2.24. The fourth-order valence-electron chi connectivity index (χ4n) is 2.95.